The molecule has 8 heteroatoms. The highest BCUT2D eigenvalue weighted by Crippen LogP contribution is 2.58. The van der Waals surface area contributed by atoms with Gasteiger partial charge in [0.2, 0.25) is 5.91 Å². The zero-order valence-electron chi connectivity index (χ0n) is 14.3. The molecule has 1 aromatic carbocycles. The Labute approximate surface area is 157 Å². The molecule has 7 nitrogen and oxygen atoms in total. The molecule has 4 N–H and O–H groups in total. The molecule has 4 rings (SSSR count). The van der Waals surface area contributed by atoms with Crippen LogP contribution in [0.2, 0.25) is 0 Å². The highest BCUT2D eigenvalue weighted by molar-refractivity contribution is 5.97. The van der Waals surface area contributed by atoms with Gasteiger partial charge >= 0.3 is 0 Å². The Morgan fingerprint density at radius 3 is 2.65 bits per heavy atom. The van der Waals surface area contributed by atoms with E-state index < -0.39 is 5.91 Å². The zero-order chi connectivity index (χ0) is 17.4. The minimum atomic E-state index is -0.578. The molecule has 138 valence electrons. The number of anilines is 1. The predicted molar refractivity (Wildman–Crippen MR) is 101 cm³/mol. The van der Waals surface area contributed by atoms with E-state index in [9.17, 15) is 9.59 Å². The molecule has 1 aliphatic heterocycles. The molecular formula is C18H22ClN5O2. The molecule has 0 radical (unpaired) electrons. The molecule has 2 fully saturated rings. The number of carbonyl (C=O) groups is 2. The Balaban J connectivity index is 0.00000196. The Bertz CT molecular complexity index is 828. The van der Waals surface area contributed by atoms with Crippen molar-refractivity contribution in [3.8, 4) is 5.69 Å². The summed E-state index contributed by atoms with van der Waals surface area (Å²) in [5.41, 5.74) is 7.04. The molecular weight excluding hydrogens is 354 g/mol. The van der Waals surface area contributed by atoms with Crippen LogP contribution in [-0.2, 0) is 4.79 Å². The molecule has 1 atom stereocenters. The van der Waals surface area contributed by atoms with Crippen LogP contribution >= 0.6 is 12.4 Å². The van der Waals surface area contributed by atoms with Gasteiger partial charge in [-0.25, -0.2) is 4.68 Å². The monoisotopic (exact) mass is 375 g/mol. The van der Waals surface area contributed by atoms with Crippen LogP contribution < -0.4 is 16.4 Å². The fraction of sp³-hybridized carbons (Fsp3) is 0.389. The average Bonchev–Trinajstić information content (AvgIpc) is 3.07. The smallest absolute Gasteiger partial charge is 0.269 e. The van der Waals surface area contributed by atoms with Gasteiger partial charge in [0.25, 0.3) is 5.91 Å². The van der Waals surface area contributed by atoms with E-state index in [2.05, 4.69) is 15.7 Å². The van der Waals surface area contributed by atoms with Gasteiger partial charge in [-0.15, -0.1) is 12.4 Å². The predicted octanol–water partition coefficient (Wildman–Crippen LogP) is 1.72. The van der Waals surface area contributed by atoms with E-state index >= 15 is 0 Å². The lowest BCUT2D eigenvalue weighted by molar-refractivity contribution is -0.118. The van der Waals surface area contributed by atoms with Crippen LogP contribution in [-0.4, -0.2) is 34.7 Å². The fourth-order valence-corrected chi connectivity index (χ4v) is 3.78. The number of para-hydroxylation sites is 2. The third-order valence-corrected chi connectivity index (χ3v) is 5.36. The van der Waals surface area contributed by atoms with Crippen LogP contribution in [0.4, 0.5) is 5.69 Å². The first-order chi connectivity index (χ1) is 12.1. The van der Waals surface area contributed by atoms with E-state index in [-0.39, 0.29) is 35.3 Å². The van der Waals surface area contributed by atoms with Gasteiger partial charge in [-0.2, -0.15) is 5.10 Å². The maximum Gasteiger partial charge on any atom is 0.269 e. The molecule has 1 unspecified atom stereocenters. The lowest BCUT2D eigenvalue weighted by Gasteiger charge is -2.23. The van der Waals surface area contributed by atoms with Gasteiger partial charge in [0.05, 0.1) is 11.4 Å². The Morgan fingerprint density at radius 1 is 1.23 bits per heavy atom. The highest BCUT2D eigenvalue weighted by atomic mass is 35.5. The number of halogens is 1. The summed E-state index contributed by atoms with van der Waals surface area (Å²) in [4.78, 5) is 24.0. The van der Waals surface area contributed by atoms with Crippen molar-refractivity contribution in [1.82, 2.24) is 15.1 Å². The maximum atomic E-state index is 12.7. The highest BCUT2D eigenvalue weighted by Gasteiger charge is 2.57. The Morgan fingerprint density at radius 2 is 1.96 bits per heavy atom. The number of benzene rings is 1. The quantitative estimate of drug-likeness (QED) is 0.757. The van der Waals surface area contributed by atoms with Crippen LogP contribution in [0.1, 0.15) is 29.8 Å². The van der Waals surface area contributed by atoms with Crippen molar-refractivity contribution in [2.24, 2.45) is 17.1 Å². The third-order valence-electron chi connectivity index (χ3n) is 5.36. The Hall–Kier alpha value is -2.38. The van der Waals surface area contributed by atoms with E-state index in [1.807, 2.05) is 24.3 Å². The summed E-state index contributed by atoms with van der Waals surface area (Å²) in [6, 6.07) is 8.98. The number of aromatic nitrogens is 2. The second-order valence-corrected chi connectivity index (χ2v) is 6.89. The molecule has 2 aromatic rings. The van der Waals surface area contributed by atoms with Crippen molar-refractivity contribution in [2.75, 3.05) is 18.4 Å². The summed E-state index contributed by atoms with van der Waals surface area (Å²) in [6.45, 7) is 1.98. The third kappa shape index (κ3) is 3.32. The molecule has 1 saturated carbocycles. The minimum absolute atomic E-state index is 0. The van der Waals surface area contributed by atoms with Crippen molar-refractivity contribution in [2.45, 2.75) is 19.3 Å². The number of primary amides is 1. The van der Waals surface area contributed by atoms with Crippen molar-refractivity contribution in [3.63, 3.8) is 0 Å². The van der Waals surface area contributed by atoms with Crippen molar-refractivity contribution in [3.05, 3.63) is 42.2 Å². The van der Waals surface area contributed by atoms with Gasteiger partial charge in [-0.3, -0.25) is 9.59 Å². The minimum Gasteiger partial charge on any atom is -0.364 e. The van der Waals surface area contributed by atoms with Crippen LogP contribution in [0.25, 0.3) is 5.69 Å². The number of hydrogen-bond donors (Lipinski definition) is 3. The van der Waals surface area contributed by atoms with E-state index in [4.69, 9.17) is 5.73 Å². The largest absolute Gasteiger partial charge is 0.364 e. The summed E-state index contributed by atoms with van der Waals surface area (Å²) in [5, 5.41) is 10.6. The molecule has 0 bridgehead atoms. The SMILES string of the molecule is Cl.NC(=O)c1ccn(-c2ccccc2NC(=O)C2CC23CCNCC3)n1. The first-order valence-corrected chi connectivity index (χ1v) is 8.56. The summed E-state index contributed by atoms with van der Waals surface area (Å²) in [7, 11) is 0. The first-order valence-electron chi connectivity index (χ1n) is 8.56. The normalized spacial score (nSPS) is 20.2. The number of nitrogens with zero attached hydrogens (tertiary/aromatic N) is 2. The number of amides is 2. The van der Waals surface area contributed by atoms with Crippen molar-refractivity contribution >= 4 is 29.9 Å². The lowest BCUT2D eigenvalue weighted by Crippen LogP contribution is -2.31. The fourth-order valence-electron chi connectivity index (χ4n) is 3.78. The standard InChI is InChI=1S/C18H21N5O2.ClH/c19-16(24)14-5-10-23(22-14)15-4-2-1-3-13(15)21-17(25)12-11-18(12)6-8-20-9-7-18;/h1-5,10,12,20H,6-9,11H2,(H2,19,24)(H,21,25);1H. The molecule has 1 aliphatic carbocycles. The molecule has 1 spiro atoms. The van der Waals surface area contributed by atoms with E-state index in [1.165, 1.54) is 0 Å². The second kappa shape index (κ2) is 7.09. The molecule has 2 aliphatic rings. The number of rotatable bonds is 4. The summed E-state index contributed by atoms with van der Waals surface area (Å²) in [5.74, 6) is -0.427. The number of hydrogen-bond acceptors (Lipinski definition) is 4. The van der Waals surface area contributed by atoms with Crippen LogP contribution in [0.5, 0.6) is 0 Å². The number of carbonyl (C=O) groups excluding carboxylic acids is 2. The molecule has 2 amide bonds. The topological polar surface area (TPSA) is 102 Å². The zero-order valence-corrected chi connectivity index (χ0v) is 15.1. The van der Waals surface area contributed by atoms with Gasteiger partial charge in [0, 0.05) is 12.1 Å². The van der Waals surface area contributed by atoms with Crippen molar-refractivity contribution in [1.29, 1.82) is 0 Å². The van der Waals surface area contributed by atoms with Gasteiger partial charge in [-0.05, 0) is 56.0 Å². The summed E-state index contributed by atoms with van der Waals surface area (Å²) in [6.07, 6.45) is 4.76. The summed E-state index contributed by atoms with van der Waals surface area (Å²) < 4.78 is 1.56. The number of piperidine rings is 1. The molecule has 26 heavy (non-hydrogen) atoms. The first kappa shape index (κ1) is 18.4. The van der Waals surface area contributed by atoms with Crippen LogP contribution in [0, 0.1) is 11.3 Å². The van der Waals surface area contributed by atoms with Gasteiger partial charge < -0.3 is 16.4 Å². The molecule has 1 saturated heterocycles. The van der Waals surface area contributed by atoms with Crippen LogP contribution in [0.15, 0.2) is 36.5 Å². The van der Waals surface area contributed by atoms with Crippen molar-refractivity contribution < 1.29 is 9.59 Å². The number of nitrogens with one attached hydrogen (secondary N) is 2. The maximum absolute atomic E-state index is 12.7. The number of nitrogens with two attached hydrogens (primary N) is 1. The molecule has 2 heterocycles. The van der Waals surface area contributed by atoms with Crippen LogP contribution in [0.3, 0.4) is 0 Å². The van der Waals surface area contributed by atoms with E-state index in [0.717, 1.165) is 32.4 Å². The van der Waals surface area contributed by atoms with Gasteiger partial charge in [0.15, 0.2) is 0 Å². The lowest BCUT2D eigenvalue weighted by atomic mass is 9.92. The Kier molecular flexibility index (Phi) is 5.02. The van der Waals surface area contributed by atoms with Gasteiger partial charge in [0.1, 0.15) is 5.69 Å². The van der Waals surface area contributed by atoms with E-state index in [0.29, 0.717) is 11.4 Å². The average molecular weight is 376 g/mol. The summed E-state index contributed by atoms with van der Waals surface area (Å²) >= 11 is 0. The second-order valence-electron chi connectivity index (χ2n) is 6.89. The molecule has 1 aromatic heterocycles. The van der Waals surface area contributed by atoms with E-state index in [1.54, 1.807) is 16.9 Å². The van der Waals surface area contributed by atoms with Gasteiger partial charge in [-0.1, -0.05) is 12.1 Å².